The van der Waals surface area contributed by atoms with Crippen LogP contribution in [0.2, 0.25) is 0 Å². The molecule has 0 saturated carbocycles. The van der Waals surface area contributed by atoms with Crippen LogP contribution >= 0.6 is 0 Å². The van der Waals surface area contributed by atoms with Crippen molar-refractivity contribution in [3.63, 3.8) is 0 Å². The summed E-state index contributed by atoms with van der Waals surface area (Å²) in [6.07, 6.45) is 1.81. The Balaban J connectivity index is 1.96. The second-order valence-electron chi connectivity index (χ2n) is 5.13. The molecule has 0 amide bonds. The number of ketones is 1. The first-order valence-electron chi connectivity index (χ1n) is 6.88. The predicted molar refractivity (Wildman–Crippen MR) is 82.9 cm³/mol. The Bertz CT molecular complexity index is 788. The van der Waals surface area contributed by atoms with Crippen LogP contribution in [-0.4, -0.2) is 15.6 Å². The van der Waals surface area contributed by atoms with E-state index in [0.29, 0.717) is 11.3 Å². The lowest BCUT2D eigenvalue weighted by Gasteiger charge is -2.04. The number of hydrogen-bond donors (Lipinski definition) is 0. The van der Waals surface area contributed by atoms with Crippen LogP contribution in [0.3, 0.4) is 0 Å². The van der Waals surface area contributed by atoms with Gasteiger partial charge in [-0.05, 0) is 43.7 Å². The van der Waals surface area contributed by atoms with Crippen molar-refractivity contribution in [2.45, 2.75) is 13.8 Å². The highest BCUT2D eigenvalue weighted by atomic mass is 16.1. The molecule has 0 aliphatic heterocycles. The normalized spacial score (nSPS) is 10.6. The van der Waals surface area contributed by atoms with Crippen LogP contribution < -0.4 is 0 Å². The van der Waals surface area contributed by atoms with Gasteiger partial charge in [-0.2, -0.15) is 5.10 Å². The molecule has 0 saturated heterocycles. The summed E-state index contributed by atoms with van der Waals surface area (Å²) in [5.41, 5.74) is 4.17. The summed E-state index contributed by atoms with van der Waals surface area (Å²) in [5.74, 6) is -0.0362. The van der Waals surface area contributed by atoms with Crippen molar-refractivity contribution in [1.82, 2.24) is 9.78 Å². The highest BCUT2D eigenvalue weighted by Gasteiger charge is 2.15. The van der Waals surface area contributed by atoms with Gasteiger partial charge in [0.1, 0.15) is 5.69 Å². The van der Waals surface area contributed by atoms with E-state index in [1.54, 1.807) is 10.7 Å². The maximum atomic E-state index is 12.6. The van der Waals surface area contributed by atoms with E-state index in [0.717, 1.165) is 16.8 Å². The molecule has 0 N–H and O–H groups in total. The van der Waals surface area contributed by atoms with Gasteiger partial charge >= 0.3 is 0 Å². The molecule has 0 aliphatic carbocycles. The van der Waals surface area contributed by atoms with Gasteiger partial charge in [-0.25, -0.2) is 4.68 Å². The number of rotatable bonds is 3. The van der Waals surface area contributed by atoms with Gasteiger partial charge in [0.25, 0.3) is 0 Å². The second-order valence-corrected chi connectivity index (χ2v) is 5.13. The molecular formula is C18H16N2O. The van der Waals surface area contributed by atoms with E-state index in [2.05, 4.69) is 5.10 Å². The van der Waals surface area contributed by atoms with E-state index < -0.39 is 0 Å². The van der Waals surface area contributed by atoms with E-state index in [1.807, 2.05) is 68.6 Å². The first-order chi connectivity index (χ1) is 10.1. The Kier molecular flexibility index (Phi) is 3.40. The van der Waals surface area contributed by atoms with Crippen LogP contribution in [-0.2, 0) is 0 Å². The SMILES string of the molecule is Cc1ccc(C)c(C(=O)c2ccn(-c3ccccc3)n2)c1. The summed E-state index contributed by atoms with van der Waals surface area (Å²) in [4.78, 5) is 12.6. The minimum Gasteiger partial charge on any atom is -0.287 e. The molecule has 0 atom stereocenters. The van der Waals surface area contributed by atoms with Crippen molar-refractivity contribution in [2.75, 3.05) is 0 Å². The molecule has 2 aromatic carbocycles. The van der Waals surface area contributed by atoms with E-state index in [1.165, 1.54) is 0 Å². The third-order valence-electron chi connectivity index (χ3n) is 3.48. The Hall–Kier alpha value is -2.68. The van der Waals surface area contributed by atoms with Gasteiger partial charge < -0.3 is 0 Å². The van der Waals surface area contributed by atoms with Gasteiger partial charge in [0.15, 0.2) is 0 Å². The number of aromatic nitrogens is 2. The lowest BCUT2D eigenvalue weighted by Crippen LogP contribution is -2.06. The molecule has 0 bridgehead atoms. The topological polar surface area (TPSA) is 34.9 Å². The molecule has 0 radical (unpaired) electrons. The van der Waals surface area contributed by atoms with Crippen LogP contribution in [0.4, 0.5) is 0 Å². The zero-order valence-electron chi connectivity index (χ0n) is 12.1. The number of hydrogen-bond acceptors (Lipinski definition) is 2. The summed E-state index contributed by atoms with van der Waals surface area (Å²) in [6.45, 7) is 3.93. The smallest absolute Gasteiger partial charge is 0.213 e. The minimum absolute atomic E-state index is 0.0362. The average Bonchev–Trinajstić information content (AvgIpc) is 3.00. The Morgan fingerprint density at radius 3 is 2.52 bits per heavy atom. The molecule has 0 fully saturated rings. The number of aryl methyl sites for hydroxylation is 2. The molecule has 104 valence electrons. The zero-order valence-corrected chi connectivity index (χ0v) is 12.1. The van der Waals surface area contributed by atoms with Gasteiger partial charge in [0.05, 0.1) is 5.69 Å². The van der Waals surface area contributed by atoms with Crippen LogP contribution in [0.5, 0.6) is 0 Å². The Morgan fingerprint density at radius 1 is 1.00 bits per heavy atom. The van der Waals surface area contributed by atoms with Crippen molar-refractivity contribution in [3.05, 3.63) is 83.2 Å². The molecule has 3 rings (SSSR count). The molecular weight excluding hydrogens is 260 g/mol. The highest BCUT2D eigenvalue weighted by Crippen LogP contribution is 2.16. The standard InChI is InChI=1S/C18H16N2O/c1-13-8-9-14(2)16(12-13)18(21)17-10-11-20(19-17)15-6-4-3-5-7-15/h3-12H,1-2H3. The highest BCUT2D eigenvalue weighted by molar-refractivity contribution is 6.08. The van der Waals surface area contributed by atoms with E-state index in [-0.39, 0.29) is 5.78 Å². The number of benzene rings is 2. The first-order valence-corrected chi connectivity index (χ1v) is 6.88. The quantitative estimate of drug-likeness (QED) is 0.683. The monoisotopic (exact) mass is 276 g/mol. The average molecular weight is 276 g/mol. The van der Waals surface area contributed by atoms with Crippen LogP contribution in [0, 0.1) is 13.8 Å². The number of carbonyl (C=O) groups excluding carboxylic acids is 1. The molecule has 0 unspecified atom stereocenters. The molecule has 21 heavy (non-hydrogen) atoms. The second kappa shape index (κ2) is 5.37. The number of carbonyl (C=O) groups is 1. The van der Waals surface area contributed by atoms with E-state index >= 15 is 0 Å². The van der Waals surface area contributed by atoms with Gasteiger partial charge in [0.2, 0.25) is 5.78 Å². The summed E-state index contributed by atoms with van der Waals surface area (Å²) in [5, 5.41) is 4.39. The molecule has 3 nitrogen and oxygen atoms in total. The van der Waals surface area contributed by atoms with Crippen molar-refractivity contribution in [3.8, 4) is 5.69 Å². The third kappa shape index (κ3) is 2.63. The first kappa shape index (κ1) is 13.3. The molecule has 0 spiro atoms. The summed E-state index contributed by atoms with van der Waals surface area (Å²) < 4.78 is 1.72. The van der Waals surface area contributed by atoms with Crippen molar-refractivity contribution < 1.29 is 4.79 Å². The third-order valence-corrected chi connectivity index (χ3v) is 3.48. The Morgan fingerprint density at radius 2 is 1.76 bits per heavy atom. The van der Waals surface area contributed by atoms with Crippen molar-refractivity contribution in [2.24, 2.45) is 0 Å². The molecule has 1 heterocycles. The zero-order chi connectivity index (χ0) is 14.8. The summed E-state index contributed by atoms with van der Waals surface area (Å²) in [7, 11) is 0. The minimum atomic E-state index is -0.0362. The van der Waals surface area contributed by atoms with Gasteiger partial charge in [-0.3, -0.25) is 4.79 Å². The Labute approximate surface area is 123 Å². The predicted octanol–water partition coefficient (Wildman–Crippen LogP) is 3.72. The lowest BCUT2D eigenvalue weighted by molar-refractivity contribution is 0.103. The van der Waals surface area contributed by atoms with Crippen molar-refractivity contribution >= 4 is 5.78 Å². The molecule has 3 heteroatoms. The van der Waals surface area contributed by atoms with E-state index in [4.69, 9.17) is 0 Å². The fraction of sp³-hybridized carbons (Fsp3) is 0.111. The van der Waals surface area contributed by atoms with Gasteiger partial charge in [-0.1, -0.05) is 35.9 Å². The van der Waals surface area contributed by atoms with Gasteiger partial charge in [-0.15, -0.1) is 0 Å². The summed E-state index contributed by atoms with van der Waals surface area (Å²) in [6, 6.07) is 17.4. The number of para-hydroxylation sites is 1. The fourth-order valence-electron chi connectivity index (χ4n) is 2.29. The maximum Gasteiger partial charge on any atom is 0.213 e. The molecule has 3 aromatic rings. The fourth-order valence-corrected chi connectivity index (χ4v) is 2.29. The molecule has 0 aliphatic rings. The van der Waals surface area contributed by atoms with Crippen LogP contribution in [0.1, 0.15) is 27.2 Å². The van der Waals surface area contributed by atoms with Crippen LogP contribution in [0.15, 0.2) is 60.8 Å². The number of nitrogens with zero attached hydrogens (tertiary/aromatic N) is 2. The van der Waals surface area contributed by atoms with Crippen molar-refractivity contribution in [1.29, 1.82) is 0 Å². The summed E-state index contributed by atoms with van der Waals surface area (Å²) >= 11 is 0. The largest absolute Gasteiger partial charge is 0.287 e. The van der Waals surface area contributed by atoms with Gasteiger partial charge in [0, 0.05) is 11.8 Å². The lowest BCUT2D eigenvalue weighted by atomic mass is 10.0. The van der Waals surface area contributed by atoms with Crippen LogP contribution in [0.25, 0.3) is 5.69 Å². The maximum absolute atomic E-state index is 12.6. The molecule has 1 aromatic heterocycles. The van der Waals surface area contributed by atoms with E-state index in [9.17, 15) is 4.79 Å².